The minimum absolute atomic E-state index is 0.254. The van der Waals surface area contributed by atoms with Crippen LogP contribution in [0.4, 0.5) is 15.9 Å². The van der Waals surface area contributed by atoms with E-state index in [1.54, 1.807) is 41.9 Å². The summed E-state index contributed by atoms with van der Waals surface area (Å²) in [5.41, 5.74) is 0. The summed E-state index contributed by atoms with van der Waals surface area (Å²) in [6.45, 7) is 4.04. The second-order valence-corrected chi connectivity index (χ2v) is 6.42. The van der Waals surface area contributed by atoms with E-state index in [2.05, 4.69) is 25.6 Å². The van der Waals surface area contributed by atoms with Crippen molar-refractivity contribution in [1.29, 1.82) is 0 Å². The molecule has 1 aliphatic rings. The first-order valence-corrected chi connectivity index (χ1v) is 8.79. The molecule has 3 heterocycles. The monoisotopic (exact) mass is 361 g/mol. The van der Waals surface area contributed by atoms with E-state index in [0.717, 1.165) is 0 Å². The zero-order valence-electron chi connectivity index (χ0n) is 13.8. The third-order valence-corrected chi connectivity index (χ3v) is 4.49. The topological polar surface area (TPSA) is 103 Å². The van der Waals surface area contributed by atoms with Gasteiger partial charge in [-0.05, 0) is 13.0 Å². The minimum atomic E-state index is -0.646. The van der Waals surface area contributed by atoms with Crippen molar-refractivity contribution >= 4 is 34.4 Å². The molecule has 1 atom stereocenters. The van der Waals surface area contributed by atoms with Gasteiger partial charge in [-0.3, -0.25) is 4.79 Å². The summed E-state index contributed by atoms with van der Waals surface area (Å²) in [5, 5.41) is 7.68. The van der Waals surface area contributed by atoms with Crippen LogP contribution in [0, 0.1) is 0 Å². The Kier molecular flexibility index (Phi) is 5.39. The summed E-state index contributed by atoms with van der Waals surface area (Å²) in [4.78, 5) is 40.5. The quantitative estimate of drug-likeness (QED) is 0.835. The predicted molar refractivity (Wildman–Crippen MR) is 94.6 cm³/mol. The van der Waals surface area contributed by atoms with Crippen LogP contribution in [0.3, 0.4) is 0 Å². The molecule has 1 saturated heterocycles. The Morgan fingerprint density at radius 2 is 1.84 bits per heavy atom. The first-order chi connectivity index (χ1) is 12.1. The van der Waals surface area contributed by atoms with Gasteiger partial charge in [-0.2, -0.15) is 0 Å². The lowest BCUT2D eigenvalue weighted by molar-refractivity contribution is -0.117. The first kappa shape index (κ1) is 17.1. The van der Waals surface area contributed by atoms with Crippen molar-refractivity contribution in [2.24, 2.45) is 0 Å². The number of carbonyl (C=O) groups is 2. The predicted octanol–water partition coefficient (Wildman–Crippen LogP) is 0.792. The average Bonchev–Trinajstić information content (AvgIpc) is 3.15. The van der Waals surface area contributed by atoms with Crippen LogP contribution in [0.2, 0.25) is 0 Å². The Hall–Kier alpha value is -2.75. The Bertz CT molecular complexity index is 702. The molecule has 2 aromatic heterocycles. The molecule has 1 aliphatic heterocycles. The Balaban J connectivity index is 1.46. The van der Waals surface area contributed by atoms with Crippen molar-refractivity contribution in [2.45, 2.75) is 13.0 Å². The summed E-state index contributed by atoms with van der Waals surface area (Å²) in [5.74, 6) is 0.373. The number of urea groups is 1. The summed E-state index contributed by atoms with van der Waals surface area (Å²) >= 11 is 1.33. The molecule has 0 aliphatic carbocycles. The molecule has 0 radical (unpaired) electrons. The van der Waals surface area contributed by atoms with Crippen LogP contribution in [-0.4, -0.2) is 64.0 Å². The number of thiazole rings is 1. The second-order valence-electron chi connectivity index (χ2n) is 5.52. The third kappa shape index (κ3) is 4.41. The van der Waals surface area contributed by atoms with Crippen LogP contribution in [0.5, 0.6) is 0 Å². The van der Waals surface area contributed by atoms with Crippen molar-refractivity contribution in [3.8, 4) is 0 Å². The Morgan fingerprint density at radius 3 is 2.48 bits per heavy atom. The maximum absolute atomic E-state index is 12.3. The fourth-order valence-corrected chi connectivity index (χ4v) is 2.94. The van der Waals surface area contributed by atoms with Crippen molar-refractivity contribution < 1.29 is 9.59 Å². The molecule has 9 nitrogen and oxygen atoms in total. The Morgan fingerprint density at radius 1 is 1.12 bits per heavy atom. The maximum atomic E-state index is 12.3. The normalized spacial score (nSPS) is 15.6. The van der Waals surface area contributed by atoms with Gasteiger partial charge in [-0.25, -0.2) is 19.7 Å². The fourth-order valence-electron chi connectivity index (χ4n) is 2.40. The SMILES string of the molecule is CC(NC(=O)N1CCN(c2ncccn2)CC1)C(=O)Nc1nccs1. The number of anilines is 2. The van der Waals surface area contributed by atoms with E-state index >= 15 is 0 Å². The van der Waals surface area contributed by atoms with Crippen molar-refractivity contribution in [1.82, 2.24) is 25.2 Å². The molecule has 0 bridgehead atoms. The molecular formula is C15H19N7O2S. The van der Waals surface area contributed by atoms with Gasteiger partial charge in [0.05, 0.1) is 0 Å². The van der Waals surface area contributed by atoms with Crippen LogP contribution in [0.25, 0.3) is 0 Å². The van der Waals surface area contributed by atoms with E-state index in [0.29, 0.717) is 37.3 Å². The van der Waals surface area contributed by atoms with E-state index in [4.69, 9.17) is 0 Å². The molecule has 3 amide bonds. The molecule has 10 heteroatoms. The van der Waals surface area contributed by atoms with E-state index in [9.17, 15) is 9.59 Å². The lowest BCUT2D eigenvalue weighted by Crippen LogP contribution is -2.55. The van der Waals surface area contributed by atoms with Gasteiger partial charge in [0.25, 0.3) is 0 Å². The van der Waals surface area contributed by atoms with Crippen molar-refractivity contribution in [3.05, 3.63) is 30.0 Å². The van der Waals surface area contributed by atoms with E-state index in [1.165, 1.54) is 11.3 Å². The molecule has 1 fully saturated rings. The molecule has 1 unspecified atom stereocenters. The van der Waals surface area contributed by atoms with Gasteiger partial charge in [0.2, 0.25) is 11.9 Å². The summed E-state index contributed by atoms with van der Waals surface area (Å²) in [6, 6.07) is 0.869. The van der Waals surface area contributed by atoms with Gasteiger partial charge in [0.15, 0.2) is 5.13 Å². The van der Waals surface area contributed by atoms with Crippen LogP contribution in [0.1, 0.15) is 6.92 Å². The third-order valence-electron chi connectivity index (χ3n) is 3.80. The lowest BCUT2D eigenvalue weighted by Gasteiger charge is -2.35. The highest BCUT2D eigenvalue weighted by molar-refractivity contribution is 7.13. The molecule has 2 aromatic rings. The molecule has 0 spiro atoms. The van der Waals surface area contributed by atoms with Crippen LogP contribution >= 0.6 is 11.3 Å². The first-order valence-electron chi connectivity index (χ1n) is 7.91. The summed E-state index contributed by atoms with van der Waals surface area (Å²) < 4.78 is 0. The molecule has 0 aromatic carbocycles. The average molecular weight is 361 g/mol. The minimum Gasteiger partial charge on any atom is -0.337 e. The van der Waals surface area contributed by atoms with E-state index in [-0.39, 0.29) is 11.9 Å². The van der Waals surface area contributed by atoms with Crippen LogP contribution in [0.15, 0.2) is 30.0 Å². The molecule has 0 saturated carbocycles. The van der Waals surface area contributed by atoms with Gasteiger partial charge in [-0.1, -0.05) is 0 Å². The second kappa shape index (κ2) is 7.88. The highest BCUT2D eigenvalue weighted by Gasteiger charge is 2.25. The number of nitrogens with zero attached hydrogens (tertiary/aromatic N) is 5. The number of rotatable bonds is 4. The lowest BCUT2D eigenvalue weighted by atomic mass is 10.3. The Labute approximate surface area is 149 Å². The highest BCUT2D eigenvalue weighted by Crippen LogP contribution is 2.11. The number of piperazine rings is 1. The molecule has 3 rings (SSSR count). The number of hydrogen-bond acceptors (Lipinski definition) is 7. The molecule has 2 N–H and O–H groups in total. The molecular weight excluding hydrogens is 342 g/mol. The summed E-state index contributed by atoms with van der Waals surface area (Å²) in [6.07, 6.45) is 5.01. The number of amides is 3. The van der Waals surface area contributed by atoms with Gasteiger partial charge >= 0.3 is 6.03 Å². The van der Waals surface area contributed by atoms with Crippen LogP contribution in [-0.2, 0) is 4.79 Å². The standard InChI is InChI=1S/C15H19N7O2S/c1-11(12(23)20-14-18-5-10-25-14)19-15(24)22-8-6-21(7-9-22)13-16-3-2-4-17-13/h2-5,10-11H,6-9H2,1H3,(H,19,24)(H,18,20,23). The zero-order chi connectivity index (χ0) is 17.6. The van der Waals surface area contributed by atoms with Crippen molar-refractivity contribution in [2.75, 3.05) is 36.4 Å². The van der Waals surface area contributed by atoms with E-state index in [1.807, 2.05) is 4.90 Å². The number of carbonyl (C=O) groups excluding carboxylic acids is 2. The largest absolute Gasteiger partial charge is 0.337 e. The molecule has 25 heavy (non-hydrogen) atoms. The van der Waals surface area contributed by atoms with Gasteiger partial charge in [-0.15, -0.1) is 11.3 Å². The zero-order valence-corrected chi connectivity index (χ0v) is 14.6. The number of nitrogens with one attached hydrogen (secondary N) is 2. The fraction of sp³-hybridized carbons (Fsp3) is 0.400. The number of aromatic nitrogens is 3. The van der Waals surface area contributed by atoms with Gasteiger partial charge in [0, 0.05) is 50.1 Å². The van der Waals surface area contributed by atoms with E-state index < -0.39 is 6.04 Å². The number of hydrogen-bond donors (Lipinski definition) is 2. The maximum Gasteiger partial charge on any atom is 0.318 e. The smallest absolute Gasteiger partial charge is 0.318 e. The van der Waals surface area contributed by atoms with Gasteiger partial charge in [0.1, 0.15) is 6.04 Å². The van der Waals surface area contributed by atoms with Crippen LogP contribution < -0.4 is 15.5 Å². The molecule has 132 valence electrons. The van der Waals surface area contributed by atoms with Gasteiger partial charge < -0.3 is 20.4 Å². The highest BCUT2D eigenvalue weighted by atomic mass is 32.1. The summed E-state index contributed by atoms with van der Waals surface area (Å²) in [7, 11) is 0. The van der Waals surface area contributed by atoms with Crippen molar-refractivity contribution in [3.63, 3.8) is 0 Å².